The third-order valence-electron chi connectivity index (χ3n) is 5.08. The molecule has 0 N–H and O–H groups in total. The Morgan fingerprint density at radius 3 is 2.54 bits per heavy atom. The van der Waals surface area contributed by atoms with Crippen LogP contribution in [0, 0.1) is 6.92 Å². The van der Waals surface area contributed by atoms with Crippen LogP contribution in [0.5, 0.6) is 0 Å². The summed E-state index contributed by atoms with van der Waals surface area (Å²) in [4.78, 5) is 7.48. The van der Waals surface area contributed by atoms with Gasteiger partial charge < -0.3 is 4.90 Å². The van der Waals surface area contributed by atoms with Gasteiger partial charge in [-0.2, -0.15) is 0 Å². The largest absolute Gasteiger partial charge is 0.303 e. The molecule has 2 nitrogen and oxygen atoms in total. The molecule has 3 heteroatoms. The SMILES string of the molecule is Cc1ccc(CCN2CCC(c3nc4ccccc4s3)CC2)cc1. The van der Waals surface area contributed by atoms with Gasteiger partial charge in [0.2, 0.25) is 0 Å². The average molecular weight is 337 g/mol. The molecular formula is C21H24N2S. The van der Waals surface area contributed by atoms with Crippen LogP contribution in [0.15, 0.2) is 48.5 Å². The van der Waals surface area contributed by atoms with Crippen LogP contribution in [0.1, 0.15) is 34.9 Å². The Labute approximate surface area is 148 Å². The molecule has 0 aliphatic carbocycles. The lowest BCUT2D eigenvalue weighted by atomic mass is 9.97. The van der Waals surface area contributed by atoms with E-state index in [0.717, 1.165) is 6.42 Å². The summed E-state index contributed by atoms with van der Waals surface area (Å²) in [5.41, 5.74) is 3.96. The number of para-hydroxylation sites is 1. The van der Waals surface area contributed by atoms with Crippen LogP contribution in [-0.2, 0) is 6.42 Å². The fraction of sp³-hybridized carbons (Fsp3) is 0.381. The van der Waals surface area contributed by atoms with Crippen molar-refractivity contribution in [1.82, 2.24) is 9.88 Å². The van der Waals surface area contributed by atoms with Gasteiger partial charge in [-0.05, 0) is 57.0 Å². The number of benzene rings is 2. The monoisotopic (exact) mass is 336 g/mol. The zero-order valence-electron chi connectivity index (χ0n) is 14.2. The second kappa shape index (κ2) is 7.04. The van der Waals surface area contributed by atoms with E-state index in [2.05, 4.69) is 60.4 Å². The van der Waals surface area contributed by atoms with Crippen molar-refractivity contribution in [2.24, 2.45) is 0 Å². The van der Waals surface area contributed by atoms with Gasteiger partial charge >= 0.3 is 0 Å². The molecule has 24 heavy (non-hydrogen) atoms. The Bertz CT molecular complexity index is 765. The Morgan fingerprint density at radius 1 is 1.04 bits per heavy atom. The molecule has 4 rings (SSSR count). The van der Waals surface area contributed by atoms with E-state index in [1.165, 1.54) is 58.8 Å². The highest BCUT2D eigenvalue weighted by atomic mass is 32.1. The lowest BCUT2D eigenvalue weighted by Gasteiger charge is -2.31. The second-order valence-electron chi connectivity index (χ2n) is 6.87. The summed E-state index contributed by atoms with van der Waals surface area (Å²) >= 11 is 1.89. The normalized spacial score (nSPS) is 16.7. The number of thiazole rings is 1. The van der Waals surface area contributed by atoms with Crippen molar-refractivity contribution < 1.29 is 0 Å². The molecule has 1 saturated heterocycles. The molecule has 3 aromatic rings. The minimum absolute atomic E-state index is 0.651. The zero-order chi connectivity index (χ0) is 16.4. The average Bonchev–Trinajstić information content (AvgIpc) is 3.06. The summed E-state index contributed by atoms with van der Waals surface area (Å²) in [7, 11) is 0. The summed E-state index contributed by atoms with van der Waals surface area (Å²) in [5.74, 6) is 0.651. The smallest absolute Gasteiger partial charge is 0.0970 e. The Hall–Kier alpha value is -1.71. The molecule has 2 heterocycles. The first-order valence-electron chi connectivity index (χ1n) is 8.91. The molecule has 0 unspecified atom stereocenters. The van der Waals surface area contributed by atoms with E-state index >= 15 is 0 Å². The van der Waals surface area contributed by atoms with Gasteiger partial charge in [-0.1, -0.05) is 42.0 Å². The number of likely N-dealkylation sites (tertiary alicyclic amines) is 1. The Balaban J connectivity index is 1.32. The molecule has 0 saturated carbocycles. The molecule has 0 amide bonds. The molecule has 2 aromatic carbocycles. The van der Waals surface area contributed by atoms with Crippen molar-refractivity contribution in [2.75, 3.05) is 19.6 Å². The number of hydrogen-bond acceptors (Lipinski definition) is 3. The van der Waals surface area contributed by atoms with E-state index in [9.17, 15) is 0 Å². The fourth-order valence-corrected chi connectivity index (χ4v) is 4.65. The lowest BCUT2D eigenvalue weighted by molar-refractivity contribution is 0.214. The van der Waals surface area contributed by atoms with Crippen LogP contribution in [0.2, 0.25) is 0 Å². The standard InChI is InChI=1S/C21H24N2S/c1-16-6-8-17(9-7-16)10-13-23-14-11-18(12-15-23)21-22-19-4-2-3-5-20(19)24-21/h2-9,18H,10-15H2,1H3. The molecular weight excluding hydrogens is 312 g/mol. The summed E-state index contributed by atoms with van der Waals surface area (Å²) < 4.78 is 1.33. The minimum atomic E-state index is 0.651. The first-order chi connectivity index (χ1) is 11.8. The number of piperidine rings is 1. The molecule has 0 radical (unpaired) electrons. The van der Waals surface area contributed by atoms with Gasteiger partial charge in [-0.3, -0.25) is 0 Å². The second-order valence-corrected chi connectivity index (χ2v) is 7.93. The molecule has 0 atom stereocenters. The number of hydrogen-bond donors (Lipinski definition) is 0. The maximum Gasteiger partial charge on any atom is 0.0970 e. The Kier molecular flexibility index (Phi) is 4.63. The number of fused-ring (bicyclic) bond motifs is 1. The van der Waals surface area contributed by atoms with E-state index in [4.69, 9.17) is 4.98 Å². The van der Waals surface area contributed by atoms with E-state index in [1.807, 2.05) is 11.3 Å². The molecule has 1 aliphatic heterocycles. The van der Waals surface area contributed by atoms with E-state index in [-0.39, 0.29) is 0 Å². The van der Waals surface area contributed by atoms with Crippen molar-refractivity contribution in [3.8, 4) is 0 Å². The summed E-state index contributed by atoms with van der Waals surface area (Å²) in [5, 5.41) is 1.34. The summed E-state index contributed by atoms with van der Waals surface area (Å²) in [6.07, 6.45) is 3.65. The van der Waals surface area contributed by atoms with E-state index in [0.29, 0.717) is 5.92 Å². The highest BCUT2D eigenvalue weighted by molar-refractivity contribution is 7.18. The van der Waals surface area contributed by atoms with Crippen molar-refractivity contribution >= 4 is 21.6 Å². The fourth-order valence-electron chi connectivity index (χ4n) is 3.51. The molecule has 124 valence electrons. The van der Waals surface area contributed by atoms with Gasteiger partial charge in [0.1, 0.15) is 0 Å². The first-order valence-corrected chi connectivity index (χ1v) is 9.73. The van der Waals surface area contributed by atoms with E-state index in [1.54, 1.807) is 0 Å². The number of rotatable bonds is 4. The Morgan fingerprint density at radius 2 is 1.79 bits per heavy atom. The van der Waals surface area contributed by atoms with Crippen molar-refractivity contribution in [2.45, 2.75) is 32.1 Å². The highest BCUT2D eigenvalue weighted by Crippen LogP contribution is 2.33. The predicted molar refractivity (Wildman–Crippen MR) is 103 cm³/mol. The molecule has 1 aromatic heterocycles. The maximum atomic E-state index is 4.86. The number of nitrogens with zero attached hydrogens (tertiary/aromatic N) is 2. The van der Waals surface area contributed by atoms with Crippen molar-refractivity contribution in [1.29, 1.82) is 0 Å². The van der Waals surface area contributed by atoms with Crippen LogP contribution >= 0.6 is 11.3 Å². The van der Waals surface area contributed by atoms with Gasteiger partial charge in [-0.15, -0.1) is 11.3 Å². The maximum absolute atomic E-state index is 4.86. The van der Waals surface area contributed by atoms with Crippen molar-refractivity contribution in [3.05, 3.63) is 64.7 Å². The van der Waals surface area contributed by atoms with Crippen LogP contribution in [0.25, 0.3) is 10.2 Å². The van der Waals surface area contributed by atoms with Crippen LogP contribution in [0.4, 0.5) is 0 Å². The topological polar surface area (TPSA) is 16.1 Å². The van der Waals surface area contributed by atoms with Gasteiger partial charge in [0.05, 0.1) is 15.2 Å². The third-order valence-corrected chi connectivity index (χ3v) is 6.28. The predicted octanol–water partition coefficient (Wildman–Crippen LogP) is 5.03. The lowest BCUT2D eigenvalue weighted by Crippen LogP contribution is -2.34. The molecule has 1 fully saturated rings. The molecule has 0 bridgehead atoms. The molecule has 0 spiro atoms. The highest BCUT2D eigenvalue weighted by Gasteiger charge is 2.23. The quantitative estimate of drug-likeness (QED) is 0.664. The van der Waals surface area contributed by atoms with Crippen LogP contribution in [0.3, 0.4) is 0 Å². The van der Waals surface area contributed by atoms with Crippen LogP contribution in [-0.4, -0.2) is 29.5 Å². The van der Waals surface area contributed by atoms with Gasteiger partial charge in [0.25, 0.3) is 0 Å². The minimum Gasteiger partial charge on any atom is -0.303 e. The molecule has 1 aliphatic rings. The third kappa shape index (κ3) is 3.52. The summed E-state index contributed by atoms with van der Waals surface area (Å²) in [6, 6.07) is 17.5. The van der Waals surface area contributed by atoms with Gasteiger partial charge in [0.15, 0.2) is 0 Å². The first kappa shape index (κ1) is 15.8. The van der Waals surface area contributed by atoms with E-state index < -0.39 is 0 Å². The van der Waals surface area contributed by atoms with Crippen molar-refractivity contribution in [3.63, 3.8) is 0 Å². The number of aromatic nitrogens is 1. The van der Waals surface area contributed by atoms with Gasteiger partial charge in [-0.25, -0.2) is 4.98 Å². The summed E-state index contributed by atoms with van der Waals surface area (Å²) in [6.45, 7) is 5.73. The van der Waals surface area contributed by atoms with Gasteiger partial charge in [0, 0.05) is 12.5 Å². The zero-order valence-corrected chi connectivity index (χ0v) is 15.1. The van der Waals surface area contributed by atoms with Crippen LogP contribution < -0.4 is 0 Å². The number of aryl methyl sites for hydroxylation is 1.